The van der Waals surface area contributed by atoms with E-state index in [1.54, 1.807) is 36.8 Å². The van der Waals surface area contributed by atoms with E-state index in [9.17, 15) is 14.7 Å². The second-order valence-electron chi connectivity index (χ2n) is 7.22. The molecule has 3 heterocycles. The Morgan fingerprint density at radius 1 is 1.41 bits per heavy atom. The van der Waals surface area contributed by atoms with Gasteiger partial charge in [-0.05, 0) is 31.9 Å². The summed E-state index contributed by atoms with van der Waals surface area (Å²) in [6, 6.07) is 2.73. The molecule has 1 fully saturated rings. The smallest absolute Gasteiger partial charge is 0.251 e. The summed E-state index contributed by atoms with van der Waals surface area (Å²) in [6.45, 7) is 1.90. The zero-order valence-electron chi connectivity index (χ0n) is 16.0. The number of carbonyl (C=O) groups is 2. The maximum atomic E-state index is 12.7. The van der Waals surface area contributed by atoms with Crippen LogP contribution in [0.5, 0.6) is 0 Å². The van der Waals surface area contributed by atoms with Crippen LogP contribution in [0.3, 0.4) is 0 Å². The van der Waals surface area contributed by atoms with Gasteiger partial charge in [-0.3, -0.25) is 9.59 Å². The van der Waals surface area contributed by atoms with Gasteiger partial charge in [0.25, 0.3) is 5.91 Å². The van der Waals surface area contributed by atoms with E-state index in [2.05, 4.69) is 25.5 Å². The van der Waals surface area contributed by atoms with Crippen molar-refractivity contribution in [2.75, 3.05) is 7.05 Å². The molecule has 4 rings (SSSR count). The van der Waals surface area contributed by atoms with Crippen molar-refractivity contribution in [1.82, 2.24) is 35.0 Å². The number of fused-ring (bicyclic) bond motifs is 1. The first kappa shape index (κ1) is 19.0. The first-order valence-electron chi connectivity index (χ1n) is 9.23. The maximum absolute atomic E-state index is 12.7. The zero-order chi connectivity index (χ0) is 20.5. The number of aryl methyl sites for hydroxylation is 1. The highest BCUT2D eigenvalue weighted by atomic mass is 16.5. The predicted molar refractivity (Wildman–Crippen MR) is 98.5 cm³/mol. The minimum Gasteiger partial charge on any atom is -0.391 e. The zero-order valence-corrected chi connectivity index (χ0v) is 16.0. The second-order valence-corrected chi connectivity index (χ2v) is 7.22. The molecule has 2 N–H and O–H groups in total. The number of rotatable bonds is 5. The van der Waals surface area contributed by atoms with Crippen molar-refractivity contribution < 1.29 is 19.2 Å². The number of aromatic nitrogens is 5. The summed E-state index contributed by atoms with van der Waals surface area (Å²) < 4.78 is 6.60. The van der Waals surface area contributed by atoms with E-state index in [0.29, 0.717) is 29.3 Å². The maximum Gasteiger partial charge on any atom is 0.251 e. The third-order valence-electron chi connectivity index (χ3n) is 5.06. The molecule has 3 atom stereocenters. The van der Waals surface area contributed by atoms with Crippen LogP contribution in [0.2, 0.25) is 0 Å². The van der Waals surface area contributed by atoms with Crippen LogP contribution in [-0.4, -0.2) is 65.8 Å². The van der Waals surface area contributed by atoms with Crippen LogP contribution >= 0.6 is 0 Å². The minimum absolute atomic E-state index is 0.137. The molecule has 0 saturated heterocycles. The Morgan fingerprint density at radius 3 is 3.00 bits per heavy atom. The van der Waals surface area contributed by atoms with Crippen molar-refractivity contribution in [2.24, 2.45) is 5.92 Å². The van der Waals surface area contributed by atoms with Crippen LogP contribution < -0.4 is 5.32 Å². The standard InChI is InChI=1S/C18H21N7O4/c1-10-21-16(29-23-10)8-24(2)18(28)12-5-13(14(26)6-12)22-17(27)11-3-4-25-15(7-11)19-9-20-25/h3-4,7,9,12-14,26H,5-6,8H2,1-2H3,(H,22,27)/t12-,13-,14-/m0/s1. The lowest BCUT2D eigenvalue weighted by Gasteiger charge is -2.19. The molecule has 2 amide bonds. The Hall–Kier alpha value is -3.34. The molecule has 11 nitrogen and oxygen atoms in total. The average molecular weight is 399 g/mol. The number of hydrogen-bond acceptors (Lipinski definition) is 8. The molecule has 0 radical (unpaired) electrons. The minimum atomic E-state index is -0.802. The van der Waals surface area contributed by atoms with Crippen LogP contribution in [0.1, 0.15) is 34.9 Å². The number of nitrogens with one attached hydrogen (secondary N) is 1. The summed E-state index contributed by atoms with van der Waals surface area (Å²) in [5.41, 5.74) is 0.965. The molecule has 1 aliphatic rings. The molecule has 152 valence electrons. The van der Waals surface area contributed by atoms with E-state index in [1.165, 1.54) is 11.2 Å². The van der Waals surface area contributed by atoms with Crippen LogP contribution in [0.15, 0.2) is 29.2 Å². The van der Waals surface area contributed by atoms with Gasteiger partial charge in [-0.2, -0.15) is 10.1 Å². The van der Waals surface area contributed by atoms with E-state index < -0.39 is 18.1 Å². The fourth-order valence-corrected chi connectivity index (χ4v) is 3.58. The van der Waals surface area contributed by atoms with Crippen LogP contribution in [0, 0.1) is 12.8 Å². The topological polar surface area (TPSA) is 139 Å². The highest BCUT2D eigenvalue weighted by Gasteiger charge is 2.39. The van der Waals surface area contributed by atoms with Gasteiger partial charge in [-0.1, -0.05) is 5.16 Å². The number of nitrogens with zero attached hydrogens (tertiary/aromatic N) is 6. The van der Waals surface area contributed by atoms with E-state index in [-0.39, 0.29) is 24.8 Å². The first-order chi connectivity index (χ1) is 13.9. The van der Waals surface area contributed by atoms with Crippen LogP contribution in [0.25, 0.3) is 5.65 Å². The van der Waals surface area contributed by atoms with Gasteiger partial charge in [-0.15, -0.1) is 0 Å². The summed E-state index contributed by atoms with van der Waals surface area (Å²) in [6.07, 6.45) is 2.87. The summed E-state index contributed by atoms with van der Waals surface area (Å²) in [4.78, 5) is 34.9. The van der Waals surface area contributed by atoms with E-state index >= 15 is 0 Å². The van der Waals surface area contributed by atoms with Gasteiger partial charge < -0.3 is 19.8 Å². The number of amides is 2. The lowest BCUT2D eigenvalue weighted by Crippen LogP contribution is -2.40. The van der Waals surface area contributed by atoms with E-state index in [0.717, 1.165) is 0 Å². The fourth-order valence-electron chi connectivity index (χ4n) is 3.58. The lowest BCUT2D eigenvalue weighted by atomic mass is 10.1. The molecule has 3 aromatic rings. The summed E-state index contributed by atoms with van der Waals surface area (Å²) in [5, 5.41) is 20.9. The molecule has 0 aliphatic heterocycles. The number of pyridine rings is 1. The van der Waals surface area contributed by atoms with E-state index in [4.69, 9.17) is 4.52 Å². The van der Waals surface area contributed by atoms with Gasteiger partial charge in [0, 0.05) is 24.7 Å². The van der Waals surface area contributed by atoms with Crippen molar-refractivity contribution in [2.45, 2.75) is 38.5 Å². The van der Waals surface area contributed by atoms with Crippen molar-refractivity contribution >= 4 is 17.5 Å². The first-order valence-corrected chi connectivity index (χ1v) is 9.23. The monoisotopic (exact) mass is 399 g/mol. The van der Waals surface area contributed by atoms with Gasteiger partial charge >= 0.3 is 0 Å². The number of hydrogen-bond donors (Lipinski definition) is 2. The van der Waals surface area contributed by atoms with Gasteiger partial charge in [0.1, 0.15) is 6.33 Å². The Morgan fingerprint density at radius 2 is 2.24 bits per heavy atom. The Balaban J connectivity index is 1.37. The third kappa shape index (κ3) is 3.94. The lowest BCUT2D eigenvalue weighted by molar-refractivity contribution is -0.135. The second kappa shape index (κ2) is 7.59. The molecule has 0 spiro atoms. The molecule has 0 aromatic carbocycles. The predicted octanol–water partition coefficient (Wildman–Crippen LogP) is -0.0514. The normalized spacial score (nSPS) is 21.4. The fraction of sp³-hybridized carbons (Fsp3) is 0.444. The largest absolute Gasteiger partial charge is 0.391 e. The molecule has 0 unspecified atom stereocenters. The Labute approximate surface area is 165 Å². The molecular weight excluding hydrogens is 378 g/mol. The van der Waals surface area contributed by atoms with Crippen LogP contribution in [0.4, 0.5) is 0 Å². The van der Waals surface area contributed by atoms with E-state index in [1.807, 2.05) is 0 Å². The summed E-state index contributed by atoms with van der Waals surface area (Å²) in [5.74, 6) is -0.0120. The molecule has 3 aromatic heterocycles. The summed E-state index contributed by atoms with van der Waals surface area (Å²) in [7, 11) is 1.65. The Bertz CT molecular complexity index is 1050. The van der Waals surface area contributed by atoms with Crippen LogP contribution in [-0.2, 0) is 11.3 Å². The highest BCUT2D eigenvalue weighted by molar-refractivity contribution is 5.95. The average Bonchev–Trinajstić information content (AvgIpc) is 3.41. The highest BCUT2D eigenvalue weighted by Crippen LogP contribution is 2.28. The van der Waals surface area contributed by atoms with Crippen molar-refractivity contribution in [3.8, 4) is 0 Å². The number of carbonyl (C=O) groups excluding carboxylic acids is 2. The van der Waals surface area contributed by atoms with Gasteiger partial charge in [-0.25, -0.2) is 9.50 Å². The van der Waals surface area contributed by atoms with Crippen molar-refractivity contribution in [3.05, 3.63) is 41.9 Å². The molecular formula is C18H21N7O4. The SMILES string of the molecule is Cc1noc(CN(C)C(=O)[C@H]2C[C@H](NC(=O)c3ccn4ncnc4c3)[C@@H](O)C2)n1. The molecule has 29 heavy (non-hydrogen) atoms. The van der Waals surface area contributed by atoms with Gasteiger partial charge in [0.15, 0.2) is 11.5 Å². The number of aliphatic hydroxyl groups excluding tert-OH is 1. The van der Waals surface area contributed by atoms with Crippen molar-refractivity contribution in [3.63, 3.8) is 0 Å². The molecule has 11 heteroatoms. The number of aliphatic hydroxyl groups is 1. The molecule has 1 saturated carbocycles. The summed E-state index contributed by atoms with van der Waals surface area (Å²) >= 11 is 0. The third-order valence-corrected chi connectivity index (χ3v) is 5.06. The quantitative estimate of drug-likeness (QED) is 0.609. The molecule has 1 aliphatic carbocycles. The van der Waals surface area contributed by atoms with Gasteiger partial charge in [0.05, 0.1) is 18.7 Å². The van der Waals surface area contributed by atoms with Crippen molar-refractivity contribution in [1.29, 1.82) is 0 Å². The van der Waals surface area contributed by atoms with Gasteiger partial charge in [0.2, 0.25) is 11.8 Å². The Kier molecular flexibility index (Phi) is 4.97. The molecule has 0 bridgehead atoms.